The van der Waals surface area contributed by atoms with Gasteiger partial charge < -0.3 is 10.1 Å². The SMILES string of the molecule is COc1cc(C2=CC3NC(=O)N(c4cncc5ncccc45)C(=O)C3S2)c(Cl)cc1F. The predicted molar refractivity (Wildman–Crippen MR) is 117 cm³/mol. The molecular weight excluding hydrogens is 443 g/mol. The number of urea groups is 1. The smallest absolute Gasteiger partial charge is 0.329 e. The number of pyridine rings is 2. The fraction of sp³-hybridized carbons (Fsp3) is 0.143. The molecule has 0 radical (unpaired) electrons. The van der Waals surface area contributed by atoms with Gasteiger partial charge in [0.05, 0.1) is 41.8 Å². The van der Waals surface area contributed by atoms with Crippen LogP contribution in [0, 0.1) is 5.82 Å². The van der Waals surface area contributed by atoms with E-state index in [0.717, 1.165) is 4.90 Å². The molecule has 0 aliphatic carbocycles. The Kier molecular flexibility index (Phi) is 4.79. The first-order chi connectivity index (χ1) is 15.0. The van der Waals surface area contributed by atoms with Crippen molar-refractivity contribution in [2.24, 2.45) is 0 Å². The second-order valence-corrected chi connectivity index (χ2v) is 8.50. The highest BCUT2D eigenvalue weighted by Gasteiger charge is 2.46. The van der Waals surface area contributed by atoms with Crippen LogP contribution in [0.2, 0.25) is 5.02 Å². The molecule has 0 spiro atoms. The molecule has 3 aromatic rings. The Morgan fingerprint density at radius 1 is 1.29 bits per heavy atom. The van der Waals surface area contributed by atoms with E-state index in [9.17, 15) is 14.0 Å². The van der Waals surface area contributed by atoms with Crippen LogP contribution in [-0.2, 0) is 4.79 Å². The van der Waals surface area contributed by atoms with Gasteiger partial charge in [-0.25, -0.2) is 14.1 Å². The van der Waals surface area contributed by atoms with Crippen LogP contribution in [0.3, 0.4) is 0 Å². The largest absolute Gasteiger partial charge is 0.494 e. The summed E-state index contributed by atoms with van der Waals surface area (Å²) in [5.74, 6) is -0.916. The lowest BCUT2D eigenvalue weighted by Gasteiger charge is -2.33. The van der Waals surface area contributed by atoms with Crippen molar-refractivity contribution in [2.45, 2.75) is 11.3 Å². The molecule has 2 aromatic heterocycles. The first-order valence-electron chi connectivity index (χ1n) is 9.23. The number of benzene rings is 1. The molecule has 7 nitrogen and oxygen atoms in total. The Morgan fingerprint density at radius 3 is 2.94 bits per heavy atom. The van der Waals surface area contributed by atoms with E-state index in [1.54, 1.807) is 30.6 Å². The lowest BCUT2D eigenvalue weighted by molar-refractivity contribution is -0.118. The normalized spacial score (nSPS) is 20.5. The third-order valence-corrected chi connectivity index (χ3v) is 6.80. The van der Waals surface area contributed by atoms with E-state index in [2.05, 4.69) is 15.3 Å². The summed E-state index contributed by atoms with van der Waals surface area (Å²) < 4.78 is 19.0. The van der Waals surface area contributed by atoms with E-state index in [1.807, 2.05) is 0 Å². The minimum atomic E-state index is -0.605. The van der Waals surface area contributed by atoms with E-state index in [1.165, 1.54) is 37.2 Å². The molecule has 1 aromatic carbocycles. The molecule has 10 heteroatoms. The van der Waals surface area contributed by atoms with Gasteiger partial charge in [-0.1, -0.05) is 11.6 Å². The minimum Gasteiger partial charge on any atom is -0.494 e. The molecule has 1 N–H and O–H groups in total. The molecule has 2 aliphatic heterocycles. The summed E-state index contributed by atoms with van der Waals surface area (Å²) in [6.07, 6.45) is 6.41. The zero-order chi connectivity index (χ0) is 21.7. The molecule has 0 saturated carbocycles. The van der Waals surface area contributed by atoms with Crippen LogP contribution in [0.15, 0.2) is 48.9 Å². The lowest BCUT2D eigenvalue weighted by Crippen LogP contribution is -2.60. The number of ether oxygens (including phenoxy) is 1. The van der Waals surface area contributed by atoms with Crippen molar-refractivity contribution in [3.8, 4) is 5.75 Å². The molecule has 31 heavy (non-hydrogen) atoms. The molecular formula is C21H14ClFN4O3S. The molecule has 156 valence electrons. The number of aromatic nitrogens is 2. The number of thioether (sulfide) groups is 1. The summed E-state index contributed by atoms with van der Waals surface area (Å²) in [6, 6.07) is 5.09. The van der Waals surface area contributed by atoms with Gasteiger partial charge in [0.25, 0.3) is 5.91 Å². The van der Waals surface area contributed by atoms with Gasteiger partial charge in [0.1, 0.15) is 5.25 Å². The van der Waals surface area contributed by atoms with Crippen molar-refractivity contribution in [1.29, 1.82) is 0 Å². The molecule has 0 bridgehead atoms. The van der Waals surface area contributed by atoms with Crippen LogP contribution < -0.4 is 15.0 Å². The van der Waals surface area contributed by atoms with Crippen LogP contribution in [-0.4, -0.2) is 40.3 Å². The molecule has 1 fully saturated rings. The van der Waals surface area contributed by atoms with E-state index in [4.69, 9.17) is 16.3 Å². The Balaban J connectivity index is 1.50. The summed E-state index contributed by atoms with van der Waals surface area (Å²) in [6.45, 7) is 0. The molecule has 5 rings (SSSR count). The number of rotatable bonds is 3. The van der Waals surface area contributed by atoms with Gasteiger partial charge in [-0.15, -0.1) is 11.8 Å². The molecule has 3 amide bonds. The third kappa shape index (κ3) is 3.21. The van der Waals surface area contributed by atoms with E-state index in [0.29, 0.717) is 27.1 Å². The maximum atomic E-state index is 13.9. The number of amides is 3. The quantitative estimate of drug-likeness (QED) is 0.641. The minimum absolute atomic E-state index is 0.0436. The van der Waals surface area contributed by atoms with Crippen molar-refractivity contribution < 1.29 is 18.7 Å². The monoisotopic (exact) mass is 456 g/mol. The van der Waals surface area contributed by atoms with Crippen molar-refractivity contribution in [1.82, 2.24) is 15.3 Å². The number of carbonyl (C=O) groups excluding carboxylic acids is 2. The van der Waals surface area contributed by atoms with E-state index < -0.39 is 23.1 Å². The van der Waals surface area contributed by atoms with Crippen LogP contribution in [0.1, 0.15) is 5.56 Å². The Bertz CT molecular complexity index is 1280. The molecule has 4 heterocycles. The van der Waals surface area contributed by atoms with Gasteiger partial charge in [0.15, 0.2) is 11.6 Å². The number of imide groups is 1. The summed E-state index contributed by atoms with van der Waals surface area (Å²) in [5, 5.41) is 3.08. The van der Waals surface area contributed by atoms with Crippen LogP contribution in [0.4, 0.5) is 14.9 Å². The highest BCUT2D eigenvalue weighted by atomic mass is 35.5. The number of fused-ring (bicyclic) bond motifs is 2. The standard InChI is InChI=1S/C21H14ClFN4O3S/c1-30-17-5-11(12(22)6-13(17)23)18-7-14-19(31-18)20(28)27(21(29)26-14)16-9-24-8-15-10(16)3-2-4-25-15/h2-9,14,19H,1H3,(H,26,29). The van der Waals surface area contributed by atoms with Crippen molar-refractivity contribution in [3.05, 3.63) is 65.3 Å². The predicted octanol–water partition coefficient (Wildman–Crippen LogP) is 4.01. The third-order valence-electron chi connectivity index (χ3n) is 5.12. The average molecular weight is 457 g/mol. The van der Waals surface area contributed by atoms with Gasteiger partial charge in [0, 0.05) is 22.1 Å². The summed E-state index contributed by atoms with van der Waals surface area (Å²) >= 11 is 7.50. The first kappa shape index (κ1) is 19.8. The Hall–Kier alpha value is -3.17. The number of hydrogen-bond donors (Lipinski definition) is 1. The van der Waals surface area contributed by atoms with Crippen LogP contribution >= 0.6 is 23.4 Å². The number of nitrogens with zero attached hydrogens (tertiary/aromatic N) is 3. The highest BCUT2D eigenvalue weighted by Crippen LogP contribution is 2.45. The van der Waals surface area contributed by atoms with Gasteiger partial charge in [-0.2, -0.15) is 0 Å². The summed E-state index contributed by atoms with van der Waals surface area (Å²) in [4.78, 5) is 36.3. The number of anilines is 1. The van der Waals surface area contributed by atoms with Crippen molar-refractivity contribution in [3.63, 3.8) is 0 Å². The number of nitrogens with one attached hydrogen (secondary N) is 1. The van der Waals surface area contributed by atoms with Crippen molar-refractivity contribution in [2.75, 3.05) is 12.0 Å². The molecule has 1 saturated heterocycles. The molecule has 2 atom stereocenters. The zero-order valence-corrected chi connectivity index (χ0v) is 17.6. The topological polar surface area (TPSA) is 84.4 Å². The van der Waals surface area contributed by atoms with Gasteiger partial charge >= 0.3 is 6.03 Å². The zero-order valence-electron chi connectivity index (χ0n) is 16.0. The second kappa shape index (κ2) is 7.51. The molecule has 2 aliphatic rings. The highest BCUT2D eigenvalue weighted by molar-refractivity contribution is 8.09. The maximum Gasteiger partial charge on any atom is 0.329 e. The van der Waals surface area contributed by atoms with Gasteiger partial charge in [-0.3, -0.25) is 14.8 Å². The fourth-order valence-electron chi connectivity index (χ4n) is 3.67. The van der Waals surface area contributed by atoms with Crippen molar-refractivity contribution >= 4 is 56.8 Å². The number of methoxy groups -OCH3 is 1. The number of hydrogen-bond acceptors (Lipinski definition) is 6. The summed E-state index contributed by atoms with van der Waals surface area (Å²) in [7, 11) is 1.36. The van der Waals surface area contributed by atoms with Crippen LogP contribution in [0.25, 0.3) is 15.8 Å². The fourth-order valence-corrected chi connectivity index (χ4v) is 5.28. The Labute approximate surface area is 185 Å². The second-order valence-electron chi connectivity index (χ2n) is 6.91. The number of halogens is 2. The Morgan fingerprint density at radius 2 is 2.13 bits per heavy atom. The molecule has 2 unspecified atom stereocenters. The van der Waals surface area contributed by atoms with E-state index in [-0.39, 0.29) is 16.7 Å². The van der Waals surface area contributed by atoms with Crippen LogP contribution in [0.5, 0.6) is 5.75 Å². The first-order valence-corrected chi connectivity index (χ1v) is 10.5. The maximum absolute atomic E-state index is 13.9. The number of carbonyl (C=O) groups is 2. The summed E-state index contributed by atoms with van der Waals surface area (Å²) in [5.41, 5.74) is 1.47. The van der Waals surface area contributed by atoms with E-state index >= 15 is 0 Å². The van der Waals surface area contributed by atoms with Gasteiger partial charge in [-0.05, 0) is 30.3 Å². The lowest BCUT2D eigenvalue weighted by atomic mass is 10.1. The average Bonchev–Trinajstić information content (AvgIpc) is 3.18. The van der Waals surface area contributed by atoms with Gasteiger partial charge in [0.2, 0.25) is 0 Å².